The second-order valence-corrected chi connectivity index (χ2v) is 3.98. The van der Waals surface area contributed by atoms with Crippen LogP contribution in [0.3, 0.4) is 0 Å². The molecule has 3 atom stereocenters. The van der Waals surface area contributed by atoms with Crippen LogP contribution in [0.5, 0.6) is 0 Å². The van der Waals surface area contributed by atoms with Crippen molar-refractivity contribution in [1.29, 1.82) is 0 Å². The van der Waals surface area contributed by atoms with Gasteiger partial charge < -0.3 is 0 Å². The first kappa shape index (κ1) is 11.0. The van der Waals surface area contributed by atoms with Gasteiger partial charge in [-0.25, -0.2) is 0 Å². The average molecular weight is 156 g/mol. The van der Waals surface area contributed by atoms with Crippen LogP contribution in [0.15, 0.2) is 0 Å². The van der Waals surface area contributed by atoms with E-state index >= 15 is 0 Å². The van der Waals surface area contributed by atoms with Crippen LogP contribution in [0.25, 0.3) is 0 Å². The van der Waals surface area contributed by atoms with E-state index in [-0.39, 0.29) is 0 Å². The molecule has 11 heavy (non-hydrogen) atoms. The number of rotatable bonds is 2. The van der Waals surface area contributed by atoms with Gasteiger partial charge >= 0.3 is 0 Å². The lowest BCUT2D eigenvalue weighted by Gasteiger charge is -2.13. The Morgan fingerprint density at radius 1 is 1.09 bits per heavy atom. The van der Waals surface area contributed by atoms with Crippen molar-refractivity contribution >= 4 is 0 Å². The second-order valence-electron chi connectivity index (χ2n) is 3.98. The predicted octanol–water partition coefficient (Wildman–Crippen LogP) is 3.96. The summed E-state index contributed by atoms with van der Waals surface area (Å²) < 4.78 is 0. The first-order chi connectivity index (χ1) is 5.13. The molecule has 1 saturated carbocycles. The summed E-state index contributed by atoms with van der Waals surface area (Å²) in [4.78, 5) is 0. The monoisotopic (exact) mass is 156 g/mol. The van der Waals surface area contributed by atoms with Crippen LogP contribution in [-0.2, 0) is 0 Å². The standard InChI is InChI=1S/C9H18.C2H6/c1-6(2)8(4)9-5-7(9)3;1-2/h6-9H,5H2,1-4H3;1-2H3. The van der Waals surface area contributed by atoms with Gasteiger partial charge in [-0.15, -0.1) is 0 Å². The summed E-state index contributed by atoms with van der Waals surface area (Å²) in [5.41, 5.74) is 0. The highest BCUT2D eigenvalue weighted by molar-refractivity contribution is 4.87. The zero-order valence-electron chi connectivity index (χ0n) is 9.02. The van der Waals surface area contributed by atoms with Crippen molar-refractivity contribution in [2.45, 2.75) is 48.0 Å². The van der Waals surface area contributed by atoms with Gasteiger partial charge in [-0.2, -0.15) is 0 Å². The topological polar surface area (TPSA) is 0 Å². The fourth-order valence-corrected chi connectivity index (χ4v) is 1.58. The third-order valence-electron chi connectivity index (χ3n) is 2.90. The summed E-state index contributed by atoms with van der Waals surface area (Å²) in [6.45, 7) is 13.4. The molecule has 0 saturated heterocycles. The van der Waals surface area contributed by atoms with Crippen LogP contribution in [0.2, 0.25) is 0 Å². The van der Waals surface area contributed by atoms with Crippen LogP contribution in [0.1, 0.15) is 48.0 Å². The van der Waals surface area contributed by atoms with Gasteiger partial charge in [0.25, 0.3) is 0 Å². The Morgan fingerprint density at radius 3 is 1.55 bits per heavy atom. The van der Waals surface area contributed by atoms with Gasteiger partial charge in [0.1, 0.15) is 0 Å². The quantitative estimate of drug-likeness (QED) is 0.567. The summed E-state index contributed by atoms with van der Waals surface area (Å²) >= 11 is 0. The molecule has 0 amide bonds. The van der Waals surface area contributed by atoms with Crippen LogP contribution in [0.4, 0.5) is 0 Å². The molecule has 0 nitrogen and oxygen atoms in total. The van der Waals surface area contributed by atoms with Gasteiger partial charge in [0, 0.05) is 0 Å². The summed E-state index contributed by atoms with van der Waals surface area (Å²) in [5.74, 6) is 3.94. The van der Waals surface area contributed by atoms with E-state index in [1.54, 1.807) is 0 Å². The molecule has 0 aliphatic heterocycles. The highest BCUT2D eigenvalue weighted by Crippen LogP contribution is 2.45. The van der Waals surface area contributed by atoms with E-state index in [0.29, 0.717) is 0 Å². The van der Waals surface area contributed by atoms with Gasteiger partial charge in [-0.05, 0) is 30.1 Å². The Hall–Kier alpha value is 0. The van der Waals surface area contributed by atoms with Crippen LogP contribution in [-0.4, -0.2) is 0 Å². The van der Waals surface area contributed by atoms with Crippen molar-refractivity contribution in [1.82, 2.24) is 0 Å². The van der Waals surface area contributed by atoms with Crippen LogP contribution < -0.4 is 0 Å². The largest absolute Gasteiger partial charge is 0.0683 e. The van der Waals surface area contributed by atoms with Crippen molar-refractivity contribution in [2.24, 2.45) is 23.7 Å². The second kappa shape index (κ2) is 4.79. The molecule has 0 spiro atoms. The molecule has 0 aromatic heterocycles. The molecule has 0 N–H and O–H groups in total. The minimum absolute atomic E-state index is 0.889. The fourth-order valence-electron chi connectivity index (χ4n) is 1.58. The van der Waals surface area contributed by atoms with Crippen LogP contribution in [0, 0.1) is 23.7 Å². The SMILES string of the molecule is CC.CC(C)C(C)C1CC1C. The molecule has 3 unspecified atom stereocenters. The van der Waals surface area contributed by atoms with Gasteiger partial charge in [0.2, 0.25) is 0 Å². The smallest absolute Gasteiger partial charge is 0.0357 e. The lowest BCUT2D eigenvalue weighted by Crippen LogP contribution is -2.06. The van der Waals surface area contributed by atoms with Crippen LogP contribution >= 0.6 is 0 Å². The highest BCUT2D eigenvalue weighted by atomic mass is 14.4. The average Bonchev–Trinajstić information content (AvgIpc) is 2.69. The zero-order chi connectivity index (χ0) is 9.02. The molecule has 1 fully saturated rings. The van der Waals surface area contributed by atoms with E-state index < -0.39 is 0 Å². The van der Waals surface area contributed by atoms with Gasteiger partial charge in [-0.1, -0.05) is 41.5 Å². The maximum atomic E-state index is 2.39. The molecule has 0 aromatic rings. The molecule has 1 aliphatic rings. The summed E-state index contributed by atoms with van der Waals surface area (Å²) in [6.07, 6.45) is 1.49. The van der Waals surface area contributed by atoms with E-state index in [1.165, 1.54) is 6.42 Å². The Morgan fingerprint density at radius 2 is 1.45 bits per heavy atom. The Labute approximate surface area is 72.4 Å². The highest BCUT2D eigenvalue weighted by Gasteiger charge is 2.37. The zero-order valence-corrected chi connectivity index (χ0v) is 9.02. The minimum Gasteiger partial charge on any atom is -0.0683 e. The molecule has 0 bridgehead atoms. The molecular weight excluding hydrogens is 132 g/mol. The van der Waals surface area contributed by atoms with E-state index in [4.69, 9.17) is 0 Å². The maximum Gasteiger partial charge on any atom is -0.0357 e. The van der Waals surface area contributed by atoms with Crippen molar-refractivity contribution < 1.29 is 0 Å². The van der Waals surface area contributed by atoms with E-state index in [0.717, 1.165) is 23.7 Å². The Balaban J connectivity index is 0.000000461. The molecule has 0 heteroatoms. The molecular formula is C11H24. The summed E-state index contributed by atoms with van der Waals surface area (Å²) in [7, 11) is 0. The normalized spacial score (nSPS) is 30.8. The van der Waals surface area contributed by atoms with Gasteiger partial charge in [-0.3, -0.25) is 0 Å². The lowest BCUT2D eigenvalue weighted by atomic mass is 9.92. The molecule has 0 aromatic carbocycles. The molecule has 1 aliphatic carbocycles. The molecule has 0 radical (unpaired) electrons. The number of hydrogen-bond donors (Lipinski definition) is 0. The van der Waals surface area contributed by atoms with E-state index in [9.17, 15) is 0 Å². The predicted molar refractivity (Wildman–Crippen MR) is 52.6 cm³/mol. The third-order valence-corrected chi connectivity index (χ3v) is 2.90. The Kier molecular flexibility index (Phi) is 4.79. The van der Waals surface area contributed by atoms with Crippen molar-refractivity contribution in [3.8, 4) is 0 Å². The van der Waals surface area contributed by atoms with Gasteiger partial charge in [0.15, 0.2) is 0 Å². The van der Waals surface area contributed by atoms with Crippen molar-refractivity contribution in [3.05, 3.63) is 0 Å². The molecule has 68 valence electrons. The summed E-state index contributed by atoms with van der Waals surface area (Å²) in [6, 6.07) is 0. The summed E-state index contributed by atoms with van der Waals surface area (Å²) in [5, 5.41) is 0. The van der Waals surface area contributed by atoms with Crippen molar-refractivity contribution in [2.75, 3.05) is 0 Å². The molecule has 1 rings (SSSR count). The minimum atomic E-state index is 0.889. The van der Waals surface area contributed by atoms with Crippen molar-refractivity contribution in [3.63, 3.8) is 0 Å². The fraction of sp³-hybridized carbons (Fsp3) is 1.00. The first-order valence-electron chi connectivity index (χ1n) is 5.13. The maximum absolute atomic E-state index is 2.39. The lowest BCUT2D eigenvalue weighted by molar-refractivity contribution is 0.358. The van der Waals surface area contributed by atoms with Gasteiger partial charge in [0.05, 0.1) is 0 Å². The molecule has 0 heterocycles. The third kappa shape index (κ3) is 3.27. The Bertz CT molecular complexity index is 94.2. The van der Waals surface area contributed by atoms with E-state index in [2.05, 4.69) is 27.7 Å². The number of hydrogen-bond acceptors (Lipinski definition) is 0. The van der Waals surface area contributed by atoms with E-state index in [1.807, 2.05) is 13.8 Å². The first-order valence-corrected chi connectivity index (χ1v) is 5.13.